The number of nitrogens with one attached hydrogen (secondary N) is 2. The third-order valence-corrected chi connectivity index (χ3v) is 5.66. The van der Waals surface area contributed by atoms with E-state index in [0.29, 0.717) is 13.1 Å². The topological polar surface area (TPSA) is 74.3 Å². The molecule has 0 spiro atoms. The van der Waals surface area contributed by atoms with E-state index >= 15 is 0 Å². The average Bonchev–Trinajstić information content (AvgIpc) is 2.86. The predicted molar refractivity (Wildman–Crippen MR) is 130 cm³/mol. The van der Waals surface area contributed by atoms with Gasteiger partial charge in [-0.15, -0.1) is 0 Å². The van der Waals surface area contributed by atoms with Crippen molar-refractivity contribution >= 4 is 11.8 Å². The number of pyridine rings is 1. The van der Waals surface area contributed by atoms with E-state index in [1.807, 2.05) is 24.4 Å². The van der Waals surface area contributed by atoms with Gasteiger partial charge in [0.15, 0.2) is 5.96 Å². The zero-order chi connectivity index (χ0) is 22.8. The number of guanidine groups is 1. The highest BCUT2D eigenvalue weighted by Gasteiger charge is 2.16. The van der Waals surface area contributed by atoms with E-state index in [9.17, 15) is 0 Å². The fourth-order valence-corrected chi connectivity index (χ4v) is 3.68. The number of piperazine rings is 1. The second-order valence-electron chi connectivity index (χ2n) is 7.67. The van der Waals surface area contributed by atoms with E-state index in [0.717, 1.165) is 73.7 Å². The number of benzene rings is 1. The molecule has 1 saturated heterocycles. The fraction of sp³-hybridized carbons (Fsp3) is 0.500. The van der Waals surface area contributed by atoms with Crippen LogP contribution in [0, 0.1) is 0 Å². The van der Waals surface area contributed by atoms with Gasteiger partial charge in [-0.1, -0.05) is 13.0 Å². The minimum absolute atomic E-state index is 0.561. The third-order valence-electron chi connectivity index (χ3n) is 5.66. The van der Waals surface area contributed by atoms with Gasteiger partial charge in [-0.05, 0) is 37.2 Å². The zero-order valence-electron chi connectivity index (χ0n) is 19.7. The predicted octanol–water partition coefficient (Wildman–Crippen LogP) is 2.50. The number of rotatable bonds is 9. The molecule has 0 radical (unpaired) electrons. The SMILES string of the molecule is CCNC(=NCc1ccc(N2CCN(CC)CC2)nc1)NCc1ccc(OC)cc1OC. The van der Waals surface area contributed by atoms with Gasteiger partial charge in [0.25, 0.3) is 0 Å². The molecule has 0 unspecified atom stereocenters. The van der Waals surface area contributed by atoms with Crippen LogP contribution in [-0.2, 0) is 13.1 Å². The number of nitrogens with zero attached hydrogens (tertiary/aromatic N) is 4. The quantitative estimate of drug-likeness (QED) is 0.458. The number of hydrogen-bond donors (Lipinski definition) is 2. The van der Waals surface area contributed by atoms with Crippen LogP contribution in [0.25, 0.3) is 0 Å². The van der Waals surface area contributed by atoms with Crippen molar-refractivity contribution in [1.29, 1.82) is 0 Å². The first-order chi connectivity index (χ1) is 15.7. The zero-order valence-corrected chi connectivity index (χ0v) is 19.7. The first-order valence-corrected chi connectivity index (χ1v) is 11.3. The molecule has 1 aliphatic heterocycles. The molecular formula is C24H36N6O2. The standard InChI is InChI=1S/C24H36N6O2/c1-5-25-24(28-18-20-8-9-21(31-3)15-22(20)32-4)27-17-19-7-10-23(26-16-19)30-13-11-29(6-2)12-14-30/h7-10,15-16H,5-6,11-14,17-18H2,1-4H3,(H2,25,27,28). The summed E-state index contributed by atoms with van der Waals surface area (Å²) in [5, 5.41) is 6.67. The molecule has 1 aromatic heterocycles. The van der Waals surface area contributed by atoms with Crippen molar-refractivity contribution in [3.63, 3.8) is 0 Å². The molecule has 0 atom stereocenters. The number of ether oxygens (including phenoxy) is 2. The van der Waals surface area contributed by atoms with Gasteiger partial charge < -0.3 is 29.9 Å². The van der Waals surface area contributed by atoms with Crippen LogP contribution in [0.3, 0.4) is 0 Å². The molecular weight excluding hydrogens is 404 g/mol. The van der Waals surface area contributed by atoms with Gasteiger partial charge in [-0.2, -0.15) is 0 Å². The van der Waals surface area contributed by atoms with Crippen LogP contribution in [0.1, 0.15) is 25.0 Å². The summed E-state index contributed by atoms with van der Waals surface area (Å²) in [6.07, 6.45) is 1.93. The summed E-state index contributed by atoms with van der Waals surface area (Å²) in [7, 11) is 3.31. The highest BCUT2D eigenvalue weighted by molar-refractivity contribution is 5.79. The highest BCUT2D eigenvalue weighted by Crippen LogP contribution is 2.24. The van der Waals surface area contributed by atoms with Gasteiger partial charge in [-0.3, -0.25) is 0 Å². The Kier molecular flexibility index (Phi) is 8.98. The van der Waals surface area contributed by atoms with E-state index in [-0.39, 0.29) is 0 Å². The molecule has 8 nitrogen and oxygen atoms in total. The van der Waals surface area contributed by atoms with Crippen LogP contribution < -0.4 is 25.0 Å². The highest BCUT2D eigenvalue weighted by atomic mass is 16.5. The number of aliphatic imine (C=N–C) groups is 1. The van der Waals surface area contributed by atoms with E-state index in [1.165, 1.54) is 0 Å². The maximum atomic E-state index is 5.49. The lowest BCUT2D eigenvalue weighted by Gasteiger charge is -2.34. The molecule has 0 saturated carbocycles. The van der Waals surface area contributed by atoms with Crippen LogP contribution in [0.5, 0.6) is 11.5 Å². The van der Waals surface area contributed by atoms with Crippen molar-refractivity contribution in [1.82, 2.24) is 20.5 Å². The van der Waals surface area contributed by atoms with Crippen molar-refractivity contribution in [2.24, 2.45) is 4.99 Å². The second-order valence-corrected chi connectivity index (χ2v) is 7.67. The Bertz CT molecular complexity index is 863. The smallest absolute Gasteiger partial charge is 0.191 e. The lowest BCUT2D eigenvalue weighted by Crippen LogP contribution is -2.46. The minimum atomic E-state index is 0.561. The second kappa shape index (κ2) is 12.1. The molecule has 2 aromatic rings. The Morgan fingerprint density at radius 3 is 2.47 bits per heavy atom. The van der Waals surface area contributed by atoms with Gasteiger partial charge in [0.2, 0.25) is 0 Å². The molecule has 1 aromatic carbocycles. The summed E-state index contributed by atoms with van der Waals surface area (Å²) >= 11 is 0. The summed E-state index contributed by atoms with van der Waals surface area (Å²) in [6.45, 7) is 11.6. The number of likely N-dealkylation sites (N-methyl/N-ethyl adjacent to an activating group) is 1. The first-order valence-electron chi connectivity index (χ1n) is 11.3. The van der Waals surface area contributed by atoms with Gasteiger partial charge in [0.1, 0.15) is 17.3 Å². The lowest BCUT2D eigenvalue weighted by molar-refractivity contribution is 0.270. The molecule has 1 aliphatic rings. The Balaban J connectivity index is 1.58. The van der Waals surface area contributed by atoms with Crippen LogP contribution in [0.4, 0.5) is 5.82 Å². The molecule has 32 heavy (non-hydrogen) atoms. The first kappa shape index (κ1) is 23.7. The van der Waals surface area contributed by atoms with Gasteiger partial charge >= 0.3 is 0 Å². The monoisotopic (exact) mass is 440 g/mol. The maximum Gasteiger partial charge on any atom is 0.191 e. The Labute approximate surface area is 191 Å². The number of methoxy groups -OCH3 is 2. The van der Waals surface area contributed by atoms with Crippen LogP contribution in [-0.4, -0.2) is 69.3 Å². The van der Waals surface area contributed by atoms with E-state index < -0.39 is 0 Å². The van der Waals surface area contributed by atoms with Crippen LogP contribution in [0.15, 0.2) is 41.5 Å². The third kappa shape index (κ3) is 6.50. The van der Waals surface area contributed by atoms with E-state index in [1.54, 1.807) is 14.2 Å². The minimum Gasteiger partial charge on any atom is -0.497 e. The Hall–Kier alpha value is -3.00. The molecule has 1 fully saturated rings. The summed E-state index contributed by atoms with van der Waals surface area (Å²) in [4.78, 5) is 14.2. The largest absolute Gasteiger partial charge is 0.497 e. The molecule has 8 heteroatoms. The normalized spacial score (nSPS) is 14.9. The van der Waals surface area contributed by atoms with Crippen molar-refractivity contribution in [2.75, 3.05) is 58.4 Å². The average molecular weight is 441 g/mol. The summed E-state index contributed by atoms with van der Waals surface area (Å²) in [5.74, 6) is 3.36. The molecule has 3 rings (SSSR count). The van der Waals surface area contributed by atoms with Crippen molar-refractivity contribution < 1.29 is 9.47 Å². The molecule has 0 aliphatic carbocycles. The van der Waals surface area contributed by atoms with Crippen LogP contribution >= 0.6 is 0 Å². The molecule has 0 bridgehead atoms. The lowest BCUT2D eigenvalue weighted by atomic mass is 10.2. The number of anilines is 1. The molecule has 174 valence electrons. The summed E-state index contributed by atoms with van der Waals surface area (Å²) in [6, 6.07) is 10.0. The van der Waals surface area contributed by atoms with Gasteiger partial charge in [0, 0.05) is 57.1 Å². The Morgan fingerprint density at radius 2 is 1.84 bits per heavy atom. The van der Waals surface area contributed by atoms with E-state index in [2.05, 4.69) is 51.4 Å². The van der Waals surface area contributed by atoms with E-state index in [4.69, 9.17) is 14.5 Å². The summed E-state index contributed by atoms with van der Waals surface area (Å²) in [5.41, 5.74) is 2.12. The van der Waals surface area contributed by atoms with Crippen molar-refractivity contribution in [2.45, 2.75) is 26.9 Å². The van der Waals surface area contributed by atoms with Gasteiger partial charge in [-0.25, -0.2) is 9.98 Å². The summed E-state index contributed by atoms with van der Waals surface area (Å²) < 4.78 is 10.8. The fourth-order valence-electron chi connectivity index (χ4n) is 3.68. The van der Waals surface area contributed by atoms with Crippen molar-refractivity contribution in [3.8, 4) is 11.5 Å². The maximum absolute atomic E-state index is 5.49. The van der Waals surface area contributed by atoms with Crippen LogP contribution in [0.2, 0.25) is 0 Å². The number of aromatic nitrogens is 1. The number of hydrogen-bond acceptors (Lipinski definition) is 6. The molecule has 2 heterocycles. The van der Waals surface area contributed by atoms with Gasteiger partial charge in [0.05, 0.1) is 20.8 Å². The molecule has 0 amide bonds. The van der Waals surface area contributed by atoms with Crippen molar-refractivity contribution in [3.05, 3.63) is 47.7 Å². The molecule has 2 N–H and O–H groups in total. The Morgan fingerprint density at radius 1 is 1.03 bits per heavy atom.